The lowest BCUT2D eigenvalue weighted by atomic mass is 9.94. The number of aliphatic carboxylic acids is 1. The lowest BCUT2D eigenvalue weighted by Gasteiger charge is -2.23. The average molecular weight is 482 g/mol. The van der Waals surface area contributed by atoms with E-state index in [1.165, 1.54) is 0 Å². The van der Waals surface area contributed by atoms with Gasteiger partial charge in [-0.2, -0.15) is 0 Å². The molecule has 0 fully saturated rings. The fourth-order valence-corrected chi connectivity index (χ4v) is 3.97. The van der Waals surface area contributed by atoms with Crippen LogP contribution >= 0.6 is 11.6 Å². The van der Waals surface area contributed by atoms with Crippen LogP contribution in [0.2, 0.25) is 5.02 Å². The third kappa shape index (κ3) is 6.29. The molecule has 1 N–H and O–H groups in total. The summed E-state index contributed by atoms with van der Waals surface area (Å²) >= 11 is 5.91. The number of carboxylic acid groups (broad SMARTS) is 1. The molecule has 0 aliphatic rings. The van der Waals surface area contributed by atoms with Crippen molar-refractivity contribution in [1.82, 2.24) is 4.90 Å². The molecule has 0 heterocycles. The van der Waals surface area contributed by atoms with Crippen molar-refractivity contribution in [3.63, 3.8) is 0 Å². The molecule has 6 nitrogen and oxygen atoms in total. The lowest BCUT2D eigenvalue weighted by Crippen LogP contribution is -2.31. The van der Waals surface area contributed by atoms with Crippen LogP contribution in [0.15, 0.2) is 60.7 Å². The Bertz CT molecular complexity index is 1160. The third-order valence-corrected chi connectivity index (χ3v) is 5.73. The fourth-order valence-electron chi connectivity index (χ4n) is 3.85. The third-order valence-electron chi connectivity index (χ3n) is 5.48. The molecule has 3 aromatic rings. The number of carbonyl (C=O) groups is 2. The minimum absolute atomic E-state index is 0.0852. The minimum atomic E-state index is -0.899. The number of methoxy groups -OCH3 is 1. The van der Waals surface area contributed by atoms with Crippen molar-refractivity contribution in [2.45, 2.75) is 33.4 Å². The maximum atomic E-state index is 12.8. The van der Waals surface area contributed by atoms with Crippen molar-refractivity contribution >= 4 is 23.7 Å². The van der Waals surface area contributed by atoms with E-state index in [-0.39, 0.29) is 13.0 Å². The van der Waals surface area contributed by atoms with Gasteiger partial charge in [0.2, 0.25) is 0 Å². The van der Waals surface area contributed by atoms with Crippen molar-refractivity contribution in [2.24, 2.45) is 0 Å². The molecular formula is C27H28ClNO5. The molecule has 0 aliphatic heterocycles. The molecule has 7 heteroatoms. The summed E-state index contributed by atoms with van der Waals surface area (Å²) in [4.78, 5) is 25.7. The number of carboxylic acids is 1. The molecule has 3 aromatic carbocycles. The summed E-state index contributed by atoms with van der Waals surface area (Å²) < 4.78 is 11.2. The summed E-state index contributed by atoms with van der Waals surface area (Å²) in [6.07, 6.45) is -0.506. The normalized spacial score (nSPS) is 10.6. The van der Waals surface area contributed by atoms with Crippen molar-refractivity contribution in [1.29, 1.82) is 0 Å². The first-order chi connectivity index (χ1) is 16.3. The van der Waals surface area contributed by atoms with Gasteiger partial charge < -0.3 is 19.5 Å². The topological polar surface area (TPSA) is 76.1 Å². The van der Waals surface area contributed by atoms with Crippen LogP contribution in [0.25, 0.3) is 11.1 Å². The summed E-state index contributed by atoms with van der Waals surface area (Å²) in [5.74, 6) is -0.223. The lowest BCUT2D eigenvalue weighted by molar-refractivity contribution is -0.136. The van der Waals surface area contributed by atoms with Crippen LogP contribution in [0, 0.1) is 6.92 Å². The van der Waals surface area contributed by atoms with Gasteiger partial charge in [0, 0.05) is 23.7 Å². The van der Waals surface area contributed by atoms with E-state index in [9.17, 15) is 14.7 Å². The number of carbonyl (C=O) groups excluding carboxylic acids is 1. The van der Waals surface area contributed by atoms with Gasteiger partial charge in [0.15, 0.2) is 0 Å². The number of amides is 1. The number of nitrogens with zero attached hydrogens (tertiary/aromatic N) is 1. The zero-order valence-corrected chi connectivity index (χ0v) is 20.3. The molecule has 3 rings (SSSR count). The number of rotatable bonds is 9. The Morgan fingerprint density at radius 1 is 1.00 bits per heavy atom. The van der Waals surface area contributed by atoms with E-state index in [0.717, 1.165) is 27.8 Å². The van der Waals surface area contributed by atoms with Gasteiger partial charge in [0.25, 0.3) is 0 Å². The Hall–Kier alpha value is -3.51. The van der Waals surface area contributed by atoms with Crippen LogP contribution in [0.5, 0.6) is 5.75 Å². The van der Waals surface area contributed by atoms with E-state index < -0.39 is 12.1 Å². The van der Waals surface area contributed by atoms with Crippen LogP contribution in [-0.4, -0.2) is 35.7 Å². The van der Waals surface area contributed by atoms with Gasteiger partial charge >= 0.3 is 12.1 Å². The van der Waals surface area contributed by atoms with Crippen molar-refractivity contribution in [3.8, 4) is 16.9 Å². The van der Waals surface area contributed by atoms with E-state index in [1.54, 1.807) is 24.1 Å². The van der Waals surface area contributed by atoms with Crippen LogP contribution in [0.3, 0.4) is 0 Å². The molecule has 0 saturated heterocycles. The number of hydrogen-bond donors (Lipinski definition) is 1. The summed E-state index contributed by atoms with van der Waals surface area (Å²) in [6, 6.07) is 18.5. The molecule has 0 atom stereocenters. The summed E-state index contributed by atoms with van der Waals surface area (Å²) in [5.41, 5.74) is 4.95. The van der Waals surface area contributed by atoms with Gasteiger partial charge in [-0.1, -0.05) is 54.1 Å². The molecule has 1 amide bonds. The van der Waals surface area contributed by atoms with Gasteiger partial charge in [0.05, 0.1) is 13.5 Å². The molecule has 0 bridgehead atoms. The SMILES string of the molecule is CCN(Cc1ccccc1-c1cc(CC(=O)O)cc(C)c1OC)C(=O)OCc1ccc(Cl)cc1. The van der Waals surface area contributed by atoms with E-state index in [0.29, 0.717) is 29.4 Å². The molecule has 0 spiro atoms. The molecule has 0 aromatic heterocycles. The zero-order valence-electron chi connectivity index (χ0n) is 19.5. The molecule has 0 radical (unpaired) electrons. The minimum Gasteiger partial charge on any atom is -0.496 e. The second-order valence-electron chi connectivity index (χ2n) is 7.92. The van der Waals surface area contributed by atoms with Crippen LogP contribution in [0.4, 0.5) is 4.79 Å². The number of hydrogen-bond acceptors (Lipinski definition) is 4. The smallest absolute Gasteiger partial charge is 0.410 e. The molecule has 0 aliphatic carbocycles. The monoisotopic (exact) mass is 481 g/mol. The number of ether oxygens (including phenoxy) is 2. The van der Waals surface area contributed by atoms with Gasteiger partial charge in [-0.3, -0.25) is 4.79 Å². The van der Waals surface area contributed by atoms with Gasteiger partial charge in [-0.15, -0.1) is 0 Å². The Balaban J connectivity index is 1.86. The summed E-state index contributed by atoms with van der Waals surface area (Å²) in [5, 5.41) is 9.89. The maximum absolute atomic E-state index is 12.8. The summed E-state index contributed by atoms with van der Waals surface area (Å²) in [6.45, 7) is 4.73. The molecule has 34 heavy (non-hydrogen) atoms. The second-order valence-corrected chi connectivity index (χ2v) is 8.35. The summed E-state index contributed by atoms with van der Waals surface area (Å²) in [7, 11) is 1.60. The largest absolute Gasteiger partial charge is 0.496 e. The fraction of sp³-hybridized carbons (Fsp3) is 0.259. The maximum Gasteiger partial charge on any atom is 0.410 e. The van der Waals surface area contributed by atoms with E-state index in [4.69, 9.17) is 21.1 Å². The van der Waals surface area contributed by atoms with Crippen LogP contribution in [-0.2, 0) is 29.1 Å². The Labute approximate surface area is 204 Å². The predicted molar refractivity (Wildman–Crippen MR) is 132 cm³/mol. The Kier molecular flexibility index (Phi) is 8.55. The van der Waals surface area contributed by atoms with Crippen LogP contribution < -0.4 is 4.74 Å². The highest BCUT2D eigenvalue weighted by Crippen LogP contribution is 2.36. The molecule has 178 valence electrons. The second kappa shape index (κ2) is 11.6. The van der Waals surface area contributed by atoms with Gasteiger partial charge in [0.1, 0.15) is 12.4 Å². The first-order valence-electron chi connectivity index (χ1n) is 11.0. The number of benzene rings is 3. The van der Waals surface area contributed by atoms with E-state index >= 15 is 0 Å². The van der Waals surface area contributed by atoms with Crippen LogP contribution in [0.1, 0.15) is 29.2 Å². The van der Waals surface area contributed by atoms with Gasteiger partial charge in [-0.05, 0) is 59.9 Å². The highest BCUT2D eigenvalue weighted by Gasteiger charge is 2.19. The van der Waals surface area contributed by atoms with Crippen molar-refractivity contribution in [2.75, 3.05) is 13.7 Å². The first kappa shape index (κ1) is 25.1. The van der Waals surface area contributed by atoms with Gasteiger partial charge in [-0.25, -0.2) is 4.79 Å². The zero-order chi connectivity index (χ0) is 24.7. The Morgan fingerprint density at radius 3 is 2.35 bits per heavy atom. The highest BCUT2D eigenvalue weighted by molar-refractivity contribution is 6.30. The quantitative estimate of drug-likeness (QED) is 0.399. The molecular weight excluding hydrogens is 454 g/mol. The number of aryl methyl sites for hydroxylation is 1. The van der Waals surface area contributed by atoms with E-state index in [2.05, 4.69) is 0 Å². The predicted octanol–water partition coefficient (Wildman–Crippen LogP) is 6.11. The average Bonchev–Trinajstić information content (AvgIpc) is 2.81. The van der Waals surface area contributed by atoms with Crippen molar-refractivity contribution in [3.05, 3.63) is 87.9 Å². The standard InChI is InChI=1S/C27H28ClNO5/c1-4-29(27(32)34-17-19-9-11-22(28)12-10-19)16-21-7-5-6-8-23(21)24-14-20(15-25(30)31)13-18(2)26(24)33-3/h5-14H,4,15-17H2,1-3H3,(H,30,31). The molecule has 0 unspecified atom stereocenters. The highest BCUT2D eigenvalue weighted by atomic mass is 35.5. The first-order valence-corrected chi connectivity index (χ1v) is 11.3. The van der Waals surface area contributed by atoms with E-state index in [1.807, 2.05) is 62.4 Å². The van der Waals surface area contributed by atoms with Crippen molar-refractivity contribution < 1.29 is 24.2 Å². The number of halogens is 1. The Morgan fingerprint density at radius 2 is 1.71 bits per heavy atom. The molecule has 0 saturated carbocycles.